The predicted molar refractivity (Wildman–Crippen MR) is 64.7 cm³/mol. The van der Waals surface area contributed by atoms with Gasteiger partial charge in [-0.3, -0.25) is 0 Å². The highest BCUT2D eigenvalue weighted by molar-refractivity contribution is 5.38. The number of hydrogen-bond donors (Lipinski definition) is 1. The van der Waals surface area contributed by atoms with Crippen molar-refractivity contribution in [1.29, 1.82) is 5.26 Å². The third kappa shape index (κ3) is 2.39. The van der Waals surface area contributed by atoms with Crippen molar-refractivity contribution in [3.63, 3.8) is 0 Å². The van der Waals surface area contributed by atoms with Gasteiger partial charge in [0, 0.05) is 12.0 Å². The van der Waals surface area contributed by atoms with Crippen LogP contribution in [0.3, 0.4) is 0 Å². The molecule has 82 valence electrons. The highest BCUT2D eigenvalue weighted by Crippen LogP contribution is 2.28. The molecule has 1 aromatic carbocycles. The summed E-state index contributed by atoms with van der Waals surface area (Å²) in [6.45, 7) is 7.23. The first-order chi connectivity index (χ1) is 7.68. The Kier molecular flexibility index (Phi) is 4.04. The summed E-state index contributed by atoms with van der Waals surface area (Å²) in [5, 5.41) is 19.3. The Morgan fingerprint density at radius 2 is 2.00 bits per heavy atom. The van der Waals surface area contributed by atoms with Crippen LogP contribution in [0.4, 0.5) is 0 Å². The second kappa shape index (κ2) is 5.29. The van der Waals surface area contributed by atoms with Gasteiger partial charge < -0.3 is 5.11 Å². The van der Waals surface area contributed by atoms with Gasteiger partial charge in [-0.05, 0) is 12.0 Å². The molecule has 0 saturated carbocycles. The van der Waals surface area contributed by atoms with Gasteiger partial charge in [0.05, 0.1) is 0 Å². The Hall–Kier alpha value is -1.85. The van der Waals surface area contributed by atoms with E-state index in [0.29, 0.717) is 12.0 Å². The zero-order valence-corrected chi connectivity index (χ0v) is 9.19. The van der Waals surface area contributed by atoms with Crippen molar-refractivity contribution < 1.29 is 5.11 Å². The molecule has 0 heterocycles. The standard InChI is InChI=1S/C14H15NO/c1-3-7-12-8-5-6-9-13(12)14(16,11-15)10-4-2/h3-6,8-9,16H,1-2,7,10H2. The van der Waals surface area contributed by atoms with E-state index in [1.54, 1.807) is 18.2 Å². The van der Waals surface area contributed by atoms with Crippen molar-refractivity contribution in [2.24, 2.45) is 0 Å². The zero-order valence-electron chi connectivity index (χ0n) is 9.19. The highest BCUT2D eigenvalue weighted by Gasteiger charge is 2.29. The maximum atomic E-state index is 10.2. The van der Waals surface area contributed by atoms with E-state index in [4.69, 9.17) is 5.26 Å². The molecule has 16 heavy (non-hydrogen) atoms. The summed E-state index contributed by atoms with van der Waals surface area (Å²) in [6.07, 6.45) is 4.16. The van der Waals surface area contributed by atoms with Crippen molar-refractivity contribution in [2.75, 3.05) is 0 Å². The summed E-state index contributed by atoms with van der Waals surface area (Å²) in [5.74, 6) is 0. The summed E-state index contributed by atoms with van der Waals surface area (Å²) in [7, 11) is 0. The molecule has 2 heteroatoms. The minimum atomic E-state index is -1.48. The SMILES string of the molecule is C=CCc1ccccc1C(O)(C#N)CC=C. The van der Waals surface area contributed by atoms with Crippen LogP contribution in [0, 0.1) is 11.3 Å². The molecule has 1 atom stereocenters. The van der Waals surface area contributed by atoms with Gasteiger partial charge in [-0.15, -0.1) is 13.2 Å². The molecule has 0 saturated heterocycles. The molecule has 0 aromatic heterocycles. The first-order valence-electron chi connectivity index (χ1n) is 5.11. The predicted octanol–water partition coefficient (Wildman–Crippen LogP) is 2.70. The number of aliphatic hydroxyl groups is 1. The number of rotatable bonds is 5. The molecule has 0 aliphatic rings. The van der Waals surface area contributed by atoms with Gasteiger partial charge in [0.25, 0.3) is 0 Å². The molecular weight excluding hydrogens is 198 g/mol. The third-order valence-corrected chi connectivity index (χ3v) is 2.45. The average molecular weight is 213 g/mol. The minimum absolute atomic E-state index is 0.220. The van der Waals surface area contributed by atoms with Crippen LogP contribution in [-0.2, 0) is 12.0 Å². The number of hydrogen-bond acceptors (Lipinski definition) is 2. The zero-order chi connectivity index (χ0) is 12.0. The van der Waals surface area contributed by atoms with Gasteiger partial charge in [0.1, 0.15) is 6.07 Å². The van der Waals surface area contributed by atoms with E-state index >= 15 is 0 Å². The number of nitrogens with zero attached hydrogens (tertiary/aromatic N) is 1. The lowest BCUT2D eigenvalue weighted by Crippen LogP contribution is -2.24. The van der Waals surface area contributed by atoms with Crippen LogP contribution in [0.25, 0.3) is 0 Å². The topological polar surface area (TPSA) is 44.0 Å². The Bertz CT molecular complexity index is 431. The van der Waals surface area contributed by atoms with Gasteiger partial charge >= 0.3 is 0 Å². The normalized spacial score (nSPS) is 13.5. The lowest BCUT2D eigenvalue weighted by Gasteiger charge is -2.21. The largest absolute Gasteiger partial charge is 0.371 e. The van der Waals surface area contributed by atoms with Crippen molar-refractivity contribution in [1.82, 2.24) is 0 Å². The quantitative estimate of drug-likeness (QED) is 0.603. The summed E-state index contributed by atoms with van der Waals surface area (Å²) in [4.78, 5) is 0. The molecule has 1 N–H and O–H groups in total. The van der Waals surface area contributed by atoms with E-state index < -0.39 is 5.60 Å². The molecule has 0 bridgehead atoms. The van der Waals surface area contributed by atoms with E-state index in [1.807, 2.05) is 24.3 Å². The fourth-order valence-electron chi connectivity index (χ4n) is 1.68. The maximum Gasteiger partial charge on any atom is 0.180 e. The van der Waals surface area contributed by atoms with E-state index in [-0.39, 0.29) is 6.42 Å². The summed E-state index contributed by atoms with van der Waals surface area (Å²) in [5.41, 5.74) is 0.0714. The summed E-state index contributed by atoms with van der Waals surface area (Å²) in [6, 6.07) is 9.30. The van der Waals surface area contributed by atoms with Crippen LogP contribution in [-0.4, -0.2) is 5.11 Å². The molecule has 0 spiro atoms. The molecule has 1 aromatic rings. The molecule has 1 unspecified atom stereocenters. The number of allylic oxidation sites excluding steroid dienone is 1. The van der Waals surface area contributed by atoms with E-state index in [0.717, 1.165) is 5.56 Å². The fraction of sp³-hybridized carbons (Fsp3) is 0.214. The van der Waals surface area contributed by atoms with Crippen molar-refractivity contribution in [3.8, 4) is 6.07 Å². The van der Waals surface area contributed by atoms with Crippen LogP contribution in [0.2, 0.25) is 0 Å². The molecule has 0 fully saturated rings. The van der Waals surface area contributed by atoms with Crippen molar-refractivity contribution >= 4 is 0 Å². The molecule has 2 nitrogen and oxygen atoms in total. The Morgan fingerprint density at radius 1 is 1.31 bits per heavy atom. The first kappa shape index (κ1) is 12.2. The second-order valence-corrected chi connectivity index (χ2v) is 3.61. The van der Waals surface area contributed by atoms with Gasteiger partial charge in [0.15, 0.2) is 5.60 Å². The van der Waals surface area contributed by atoms with Crippen LogP contribution in [0.15, 0.2) is 49.6 Å². The van der Waals surface area contributed by atoms with Crippen LogP contribution < -0.4 is 0 Å². The minimum Gasteiger partial charge on any atom is -0.371 e. The van der Waals surface area contributed by atoms with E-state index in [1.165, 1.54) is 0 Å². The van der Waals surface area contributed by atoms with E-state index in [2.05, 4.69) is 13.2 Å². The summed E-state index contributed by atoms with van der Waals surface area (Å²) >= 11 is 0. The Balaban J connectivity index is 3.24. The van der Waals surface area contributed by atoms with E-state index in [9.17, 15) is 5.11 Å². The second-order valence-electron chi connectivity index (χ2n) is 3.61. The van der Waals surface area contributed by atoms with Crippen LogP contribution in [0.1, 0.15) is 17.5 Å². The Morgan fingerprint density at radius 3 is 2.56 bits per heavy atom. The number of nitriles is 1. The lowest BCUT2D eigenvalue weighted by atomic mass is 9.87. The van der Waals surface area contributed by atoms with Crippen LogP contribution >= 0.6 is 0 Å². The molecule has 0 radical (unpaired) electrons. The molecule has 1 rings (SSSR count). The Labute approximate surface area is 96.2 Å². The third-order valence-electron chi connectivity index (χ3n) is 2.45. The molecule has 0 amide bonds. The van der Waals surface area contributed by atoms with Gasteiger partial charge in [-0.2, -0.15) is 5.26 Å². The van der Waals surface area contributed by atoms with Crippen molar-refractivity contribution in [3.05, 3.63) is 60.7 Å². The fourth-order valence-corrected chi connectivity index (χ4v) is 1.68. The first-order valence-corrected chi connectivity index (χ1v) is 5.11. The molecular formula is C14H15NO. The monoisotopic (exact) mass is 213 g/mol. The maximum absolute atomic E-state index is 10.2. The average Bonchev–Trinajstić information content (AvgIpc) is 2.30. The van der Waals surface area contributed by atoms with Gasteiger partial charge in [0.2, 0.25) is 0 Å². The van der Waals surface area contributed by atoms with Crippen molar-refractivity contribution in [2.45, 2.75) is 18.4 Å². The van der Waals surface area contributed by atoms with Gasteiger partial charge in [-0.1, -0.05) is 36.4 Å². The molecule has 0 aliphatic heterocycles. The molecule has 0 aliphatic carbocycles. The lowest BCUT2D eigenvalue weighted by molar-refractivity contribution is 0.100. The van der Waals surface area contributed by atoms with Crippen LogP contribution in [0.5, 0.6) is 0 Å². The van der Waals surface area contributed by atoms with Gasteiger partial charge in [-0.25, -0.2) is 0 Å². The smallest absolute Gasteiger partial charge is 0.180 e. The highest BCUT2D eigenvalue weighted by atomic mass is 16.3. The summed E-state index contributed by atoms with van der Waals surface area (Å²) < 4.78 is 0. The number of benzene rings is 1.